The van der Waals surface area contributed by atoms with Gasteiger partial charge in [0.05, 0.1) is 21.0 Å². The van der Waals surface area contributed by atoms with Crippen LogP contribution in [0.15, 0.2) is 82.7 Å². The lowest BCUT2D eigenvalue weighted by Crippen LogP contribution is -2.41. The maximum Gasteiger partial charge on any atom is 0.496 e. The van der Waals surface area contributed by atoms with Gasteiger partial charge in [-0.1, -0.05) is 48.0 Å². The first-order chi connectivity index (χ1) is 16.3. The predicted molar refractivity (Wildman–Crippen MR) is 135 cm³/mol. The molecule has 0 radical (unpaired) electrons. The van der Waals surface area contributed by atoms with Gasteiger partial charge in [-0.05, 0) is 58.0 Å². The van der Waals surface area contributed by atoms with Gasteiger partial charge in [0.2, 0.25) is 0 Å². The van der Waals surface area contributed by atoms with Gasteiger partial charge in [-0.15, -0.1) is 0 Å². The molecule has 4 rings (SSSR count). The third kappa shape index (κ3) is 4.59. The van der Waals surface area contributed by atoms with Crippen molar-refractivity contribution in [3.05, 3.63) is 78.1 Å². The van der Waals surface area contributed by atoms with Gasteiger partial charge >= 0.3 is 7.12 Å². The van der Waals surface area contributed by atoms with Crippen molar-refractivity contribution in [3.8, 4) is 0 Å². The van der Waals surface area contributed by atoms with Crippen molar-refractivity contribution in [1.82, 2.24) is 4.98 Å². The Labute approximate surface area is 211 Å². The highest BCUT2D eigenvalue weighted by atomic mass is 35.5. The Morgan fingerprint density at radius 2 is 1.23 bits per heavy atom. The van der Waals surface area contributed by atoms with Crippen LogP contribution in [0.3, 0.4) is 0 Å². The van der Waals surface area contributed by atoms with Gasteiger partial charge in [0, 0.05) is 11.7 Å². The summed E-state index contributed by atoms with van der Waals surface area (Å²) in [6, 6.07) is 15.8. The molecule has 1 fully saturated rings. The average Bonchev–Trinajstić information content (AvgIpc) is 3.03. The molecular weight excluding hydrogens is 511 g/mol. The summed E-state index contributed by atoms with van der Waals surface area (Å²) in [4.78, 5) is 3.64. The minimum absolute atomic E-state index is 0.225. The molecule has 2 aromatic carbocycles. The van der Waals surface area contributed by atoms with E-state index >= 15 is 0 Å². The molecule has 0 N–H and O–H groups in total. The lowest BCUT2D eigenvalue weighted by molar-refractivity contribution is 0.00578. The van der Waals surface area contributed by atoms with E-state index in [0.717, 1.165) is 0 Å². The van der Waals surface area contributed by atoms with Crippen molar-refractivity contribution in [2.45, 2.75) is 48.7 Å². The summed E-state index contributed by atoms with van der Waals surface area (Å²) in [5, 5.41) is -0.315. The van der Waals surface area contributed by atoms with Crippen LogP contribution in [0.25, 0.3) is 0 Å². The Balaban J connectivity index is 1.92. The van der Waals surface area contributed by atoms with Crippen molar-refractivity contribution in [1.29, 1.82) is 0 Å². The smallest absolute Gasteiger partial charge is 0.399 e. The van der Waals surface area contributed by atoms with Gasteiger partial charge in [-0.3, -0.25) is 0 Å². The summed E-state index contributed by atoms with van der Waals surface area (Å²) in [5.74, 6) is 0. The molecule has 1 saturated heterocycles. The minimum Gasteiger partial charge on any atom is -0.399 e. The fourth-order valence-electron chi connectivity index (χ4n) is 3.45. The molecule has 8 nitrogen and oxygen atoms in total. The van der Waals surface area contributed by atoms with Crippen molar-refractivity contribution in [3.63, 3.8) is 0 Å². The van der Waals surface area contributed by atoms with Crippen LogP contribution in [0.5, 0.6) is 0 Å². The number of rotatable bonds is 6. The number of halogens is 1. The molecule has 1 aliphatic heterocycles. The molecule has 0 spiro atoms. The van der Waals surface area contributed by atoms with Gasteiger partial charge in [-0.25, -0.2) is 21.8 Å². The van der Waals surface area contributed by atoms with E-state index in [4.69, 9.17) is 20.9 Å². The van der Waals surface area contributed by atoms with Crippen LogP contribution in [0, 0.1) is 0 Å². The first kappa shape index (κ1) is 25.7. The predicted octanol–water partition coefficient (Wildman–Crippen LogP) is 3.62. The minimum atomic E-state index is -4.63. The maximum absolute atomic E-state index is 13.7. The highest BCUT2D eigenvalue weighted by Crippen LogP contribution is 2.38. The van der Waals surface area contributed by atoms with Crippen LogP contribution in [0.1, 0.15) is 27.7 Å². The summed E-state index contributed by atoms with van der Waals surface area (Å²) >= 11 is 6.33. The zero-order chi connectivity index (χ0) is 25.6. The summed E-state index contributed by atoms with van der Waals surface area (Å²) in [5.41, 5.74) is -1.38. The standard InChI is InChI=1S/C23H24BClN2O6S2/c1-22(2)23(3,4)33-24(32-22)17-15-20(21(25)26-16-17)27(34(28,29)18-11-7-5-8-12-18)35(30,31)19-13-9-6-10-14-19/h5-16H,1-4H3. The van der Waals surface area contributed by atoms with Crippen molar-refractivity contribution < 1.29 is 26.1 Å². The second-order valence-electron chi connectivity index (χ2n) is 9.00. The molecule has 0 atom stereocenters. The fraction of sp³-hybridized carbons (Fsp3) is 0.261. The van der Waals surface area contributed by atoms with Crippen LogP contribution >= 0.6 is 11.6 Å². The number of aromatic nitrogens is 1. The fourth-order valence-corrected chi connectivity index (χ4v) is 7.47. The molecule has 0 saturated carbocycles. The Kier molecular flexibility index (Phi) is 6.52. The number of pyridine rings is 1. The number of benzene rings is 2. The second-order valence-corrected chi connectivity index (χ2v) is 13.2. The molecule has 0 aliphatic carbocycles. The van der Waals surface area contributed by atoms with Crippen molar-refractivity contribution >= 4 is 49.9 Å². The lowest BCUT2D eigenvalue weighted by Gasteiger charge is -2.32. The molecule has 0 unspecified atom stereocenters. The average molecular weight is 535 g/mol. The zero-order valence-electron chi connectivity index (χ0n) is 19.5. The van der Waals surface area contributed by atoms with Crippen LogP contribution in [-0.2, 0) is 29.4 Å². The molecule has 35 heavy (non-hydrogen) atoms. The largest absolute Gasteiger partial charge is 0.496 e. The van der Waals surface area contributed by atoms with Gasteiger partial charge < -0.3 is 9.31 Å². The van der Waals surface area contributed by atoms with E-state index in [0.29, 0.717) is 9.17 Å². The number of anilines is 1. The van der Waals surface area contributed by atoms with E-state index in [2.05, 4.69) is 4.98 Å². The van der Waals surface area contributed by atoms with Crippen LogP contribution in [0.4, 0.5) is 5.69 Å². The molecule has 2 heterocycles. The molecule has 184 valence electrons. The van der Waals surface area contributed by atoms with Gasteiger partial charge in [0.25, 0.3) is 20.0 Å². The Morgan fingerprint density at radius 1 is 0.800 bits per heavy atom. The van der Waals surface area contributed by atoms with Crippen LogP contribution in [0.2, 0.25) is 5.15 Å². The summed E-state index contributed by atoms with van der Waals surface area (Å²) in [7, 11) is -10.2. The summed E-state index contributed by atoms with van der Waals surface area (Å²) < 4.78 is 67.4. The normalized spacial score (nSPS) is 17.3. The monoisotopic (exact) mass is 534 g/mol. The van der Waals surface area contributed by atoms with Gasteiger partial charge in [-0.2, -0.15) is 3.71 Å². The number of hydrogen-bond donors (Lipinski definition) is 0. The van der Waals surface area contributed by atoms with Crippen LogP contribution in [-0.4, -0.2) is 40.1 Å². The highest BCUT2D eigenvalue weighted by molar-refractivity contribution is 8.10. The van der Waals surface area contributed by atoms with E-state index < -0.39 is 38.4 Å². The molecule has 0 bridgehead atoms. The Bertz CT molecular complexity index is 1360. The van der Waals surface area contributed by atoms with Gasteiger partial charge in [0.1, 0.15) is 5.69 Å². The van der Waals surface area contributed by atoms with Crippen molar-refractivity contribution in [2.24, 2.45) is 0 Å². The Hall–Kier alpha value is -2.44. The topological polar surface area (TPSA) is 103 Å². The molecular formula is C23H24BClN2O6S2. The van der Waals surface area contributed by atoms with E-state index in [9.17, 15) is 16.8 Å². The summed E-state index contributed by atoms with van der Waals surface area (Å²) in [6.45, 7) is 7.46. The molecule has 3 aromatic rings. The first-order valence-electron chi connectivity index (χ1n) is 10.7. The van der Waals surface area contributed by atoms with E-state index in [1.165, 1.54) is 60.8 Å². The van der Waals surface area contributed by atoms with E-state index in [1.54, 1.807) is 12.1 Å². The maximum atomic E-state index is 13.7. The Morgan fingerprint density at radius 3 is 1.66 bits per heavy atom. The van der Waals surface area contributed by atoms with Gasteiger partial charge in [0.15, 0.2) is 5.15 Å². The number of sulfonamides is 2. The van der Waals surface area contributed by atoms with E-state index in [-0.39, 0.29) is 20.6 Å². The SMILES string of the molecule is CC1(C)OB(c2cnc(Cl)c(N(S(=O)(=O)c3ccccc3)S(=O)(=O)c3ccccc3)c2)OC1(C)C. The lowest BCUT2D eigenvalue weighted by atomic mass is 9.80. The van der Waals surface area contributed by atoms with Crippen molar-refractivity contribution in [2.75, 3.05) is 3.71 Å². The van der Waals surface area contributed by atoms with Crippen LogP contribution < -0.4 is 9.17 Å². The molecule has 0 amide bonds. The molecule has 1 aliphatic rings. The highest BCUT2D eigenvalue weighted by Gasteiger charge is 2.52. The molecule has 1 aromatic heterocycles. The third-order valence-electron chi connectivity index (χ3n) is 6.08. The second kappa shape index (κ2) is 8.90. The quantitative estimate of drug-likeness (QED) is 0.351. The first-order valence-corrected chi connectivity index (χ1v) is 13.9. The molecule has 12 heteroatoms. The van der Waals surface area contributed by atoms with E-state index in [1.807, 2.05) is 27.7 Å². The summed E-state index contributed by atoms with van der Waals surface area (Å²) in [6.07, 6.45) is 1.37. The number of hydrogen-bond acceptors (Lipinski definition) is 7. The third-order valence-corrected chi connectivity index (χ3v) is 10.6. The zero-order valence-corrected chi connectivity index (χ0v) is 21.9. The number of nitrogens with zero attached hydrogens (tertiary/aromatic N) is 2.